The Hall–Kier alpha value is -4.26. The lowest BCUT2D eigenvalue weighted by atomic mass is 10.1. The van der Waals surface area contributed by atoms with E-state index in [-0.39, 0.29) is 12.5 Å². The summed E-state index contributed by atoms with van der Waals surface area (Å²) < 4.78 is 5.74. The van der Waals surface area contributed by atoms with Crippen LogP contribution in [0.2, 0.25) is 0 Å². The van der Waals surface area contributed by atoms with E-state index >= 15 is 0 Å². The van der Waals surface area contributed by atoms with Gasteiger partial charge in [0, 0.05) is 29.4 Å². The number of benzene rings is 3. The van der Waals surface area contributed by atoms with Gasteiger partial charge in [-0.25, -0.2) is 9.97 Å². The number of nitrogens with one attached hydrogen (secondary N) is 2. The summed E-state index contributed by atoms with van der Waals surface area (Å²) >= 11 is 0. The fourth-order valence-corrected chi connectivity index (χ4v) is 4.12. The van der Waals surface area contributed by atoms with Crippen LogP contribution in [0.15, 0.2) is 71.7 Å². The summed E-state index contributed by atoms with van der Waals surface area (Å²) in [5, 5.41) is 7.33. The first-order chi connectivity index (χ1) is 17.2. The summed E-state index contributed by atoms with van der Waals surface area (Å²) in [6.45, 7) is 1.46. The molecule has 2 heterocycles. The molecule has 2 aliphatic rings. The molecule has 7 heteroatoms. The summed E-state index contributed by atoms with van der Waals surface area (Å²) in [7, 11) is 0. The van der Waals surface area contributed by atoms with Crippen LogP contribution in [0.4, 0.5) is 11.5 Å². The molecule has 0 unspecified atom stereocenters. The zero-order valence-corrected chi connectivity index (χ0v) is 19.2. The topological polar surface area (TPSA) is 88.5 Å². The Morgan fingerprint density at radius 1 is 1.00 bits per heavy atom. The molecular weight excluding hydrogens is 438 g/mol. The van der Waals surface area contributed by atoms with Crippen LogP contribution in [-0.4, -0.2) is 35.2 Å². The van der Waals surface area contributed by atoms with Gasteiger partial charge in [0.15, 0.2) is 12.4 Å². The smallest absolute Gasteiger partial charge is 0.257 e. The second-order valence-corrected chi connectivity index (χ2v) is 8.99. The third-order valence-electron chi connectivity index (χ3n) is 6.25. The van der Waals surface area contributed by atoms with Crippen LogP contribution in [0, 0.1) is 5.92 Å². The normalized spacial score (nSPS) is 14.1. The molecule has 1 aliphatic carbocycles. The maximum absolute atomic E-state index is 12.1. The number of aromatic nitrogens is 2. The zero-order valence-electron chi connectivity index (χ0n) is 19.2. The molecule has 0 bridgehead atoms. The van der Waals surface area contributed by atoms with Gasteiger partial charge in [0.2, 0.25) is 0 Å². The van der Waals surface area contributed by atoms with Crippen molar-refractivity contribution >= 4 is 34.5 Å². The van der Waals surface area contributed by atoms with E-state index in [0.717, 1.165) is 46.6 Å². The fourth-order valence-electron chi connectivity index (χ4n) is 4.12. The van der Waals surface area contributed by atoms with Crippen molar-refractivity contribution in [2.45, 2.75) is 19.4 Å². The molecule has 6 rings (SSSR count). The average molecular weight is 464 g/mol. The number of ether oxygens (including phenoxy) is 1. The largest absolute Gasteiger partial charge is 0.484 e. The van der Waals surface area contributed by atoms with Gasteiger partial charge in [-0.1, -0.05) is 30.3 Å². The minimum absolute atomic E-state index is 0.0107. The molecule has 0 radical (unpaired) electrons. The van der Waals surface area contributed by atoms with Gasteiger partial charge in [-0.2, -0.15) is 0 Å². The van der Waals surface area contributed by atoms with Crippen molar-refractivity contribution in [3.05, 3.63) is 77.9 Å². The maximum atomic E-state index is 12.1. The molecule has 1 saturated carbocycles. The molecule has 0 saturated heterocycles. The quantitative estimate of drug-likeness (QED) is 0.389. The minimum atomic E-state index is -0.102. The van der Waals surface area contributed by atoms with Gasteiger partial charge in [0.1, 0.15) is 11.6 Å². The van der Waals surface area contributed by atoms with Crippen molar-refractivity contribution in [3.8, 4) is 17.1 Å². The number of hydrogen-bond donors (Lipinski definition) is 2. The second-order valence-electron chi connectivity index (χ2n) is 8.99. The Bertz CT molecular complexity index is 1440. The summed E-state index contributed by atoms with van der Waals surface area (Å²) in [5.74, 6) is 2.45. The highest BCUT2D eigenvalue weighted by Gasteiger charge is 2.21. The first-order valence-corrected chi connectivity index (χ1v) is 11.9. The number of amides is 1. The number of para-hydroxylation sites is 1. The van der Waals surface area contributed by atoms with Crippen molar-refractivity contribution in [2.75, 3.05) is 18.5 Å². The third-order valence-corrected chi connectivity index (χ3v) is 6.25. The van der Waals surface area contributed by atoms with Crippen LogP contribution in [0.25, 0.3) is 22.3 Å². The van der Waals surface area contributed by atoms with E-state index in [1.54, 1.807) is 0 Å². The number of fused-ring (bicyclic) bond motifs is 2. The molecule has 0 atom stereocenters. The average Bonchev–Trinajstić information content (AvgIpc) is 3.61. The van der Waals surface area contributed by atoms with Crippen LogP contribution in [-0.2, 0) is 11.3 Å². The van der Waals surface area contributed by atoms with E-state index in [1.807, 2.05) is 60.8 Å². The molecule has 1 amide bonds. The summed E-state index contributed by atoms with van der Waals surface area (Å²) in [5.41, 5.74) is 4.95. The molecule has 7 nitrogen and oxygen atoms in total. The van der Waals surface area contributed by atoms with Crippen LogP contribution < -0.4 is 15.4 Å². The van der Waals surface area contributed by atoms with Gasteiger partial charge >= 0.3 is 0 Å². The van der Waals surface area contributed by atoms with Crippen LogP contribution in [0.3, 0.4) is 0 Å². The highest BCUT2D eigenvalue weighted by molar-refractivity contribution is 5.93. The number of aliphatic imine (C=N–C) groups is 1. The first-order valence-electron chi connectivity index (χ1n) is 11.9. The van der Waals surface area contributed by atoms with Crippen molar-refractivity contribution < 1.29 is 9.53 Å². The molecule has 174 valence electrons. The van der Waals surface area contributed by atoms with Gasteiger partial charge < -0.3 is 15.4 Å². The van der Waals surface area contributed by atoms with E-state index in [9.17, 15) is 4.79 Å². The van der Waals surface area contributed by atoms with Gasteiger partial charge in [-0.15, -0.1) is 0 Å². The third kappa shape index (κ3) is 4.84. The summed E-state index contributed by atoms with van der Waals surface area (Å²) in [6, 6.07) is 21.7. The number of rotatable bonds is 8. The lowest BCUT2D eigenvalue weighted by Crippen LogP contribution is -2.30. The van der Waals surface area contributed by atoms with Crippen LogP contribution in [0.5, 0.6) is 5.75 Å². The summed E-state index contributed by atoms with van der Waals surface area (Å²) in [6.07, 6.45) is 4.31. The molecule has 2 N–H and O–H groups in total. The molecule has 35 heavy (non-hydrogen) atoms. The molecule has 1 aromatic heterocycles. The Kier molecular flexibility index (Phi) is 5.58. The molecule has 1 fully saturated rings. The fraction of sp³-hybridized carbons (Fsp3) is 0.214. The summed E-state index contributed by atoms with van der Waals surface area (Å²) in [4.78, 5) is 26.1. The van der Waals surface area contributed by atoms with Gasteiger partial charge in [-0.05, 0) is 66.3 Å². The number of carbonyl (C=O) groups is 1. The highest BCUT2D eigenvalue weighted by Crippen LogP contribution is 2.30. The molecule has 3 aromatic carbocycles. The van der Waals surface area contributed by atoms with E-state index in [0.29, 0.717) is 17.5 Å². The Balaban J connectivity index is 1.26. The number of nitrogens with zero attached hydrogens (tertiary/aromatic N) is 3. The zero-order chi connectivity index (χ0) is 23.6. The first kappa shape index (κ1) is 21.3. The number of anilines is 2. The van der Waals surface area contributed by atoms with E-state index in [1.165, 1.54) is 18.4 Å². The van der Waals surface area contributed by atoms with Gasteiger partial charge in [-0.3, -0.25) is 9.79 Å². The number of hydrogen-bond acceptors (Lipinski definition) is 6. The Morgan fingerprint density at radius 3 is 2.83 bits per heavy atom. The molecule has 0 spiro atoms. The SMILES string of the molecule is O=C(COc1cccc(-c2nc(Nc3ccc4c(c3)C=NC4)c3ccccc3n2)c1)NCC1CC1. The second kappa shape index (κ2) is 9.18. The Morgan fingerprint density at radius 2 is 1.91 bits per heavy atom. The van der Waals surface area contributed by atoms with Crippen LogP contribution >= 0.6 is 0 Å². The van der Waals surface area contributed by atoms with E-state index in [2.05, 4.69) is 27.8 Å². The van der Waals surface area contributed by atoms with E-state index in [4.69, 9.17) is 14.7 Å². The van der Waals surface area contributed by atoms with Crippen molar-refractivity contribution in [1.29, 1.82) is 0 Å². The Labute approximate surface area is 203 Å². The standard InChI is InChI=1S/C28H25N5O2/c34-26(30-14-18-8-9-18)17-35-23-5-3-4-19(13-23)27-32-25-7-2-1-6-24(25)28(33-27)31-22-11-10-20-15-29-16-21(20)12-22/h1-7,10-13,16,18H,8-9,14-15,17H2,(H,30,34)(H,31,32,33). The van der Waals surface area contributed by atoms with Crippen molar-refractivity contribution in [1.82, 2.24) is 15.3 Å². The number of carbonyl (C=O) groups excluding carboxylic acids is 1. The lowest BCUT2D eigenvalue weighted by molar-refractivity contribution is -0.123. The van der Waals surface area contributed by atoms with Crippen molar-refractivity contribution in [3.63, 3.8) is 0 Å². The van der Waals surface area contributed by atoms with Crippen molar-refractivity contribution in [2.24, 2.45) is 10.9 Å². The predicted octanol–water partition coefficient (Wildman–Crippen LogP) is 4.88. The highest BCUT2D eigenvalue weighted by atomic mass is 16.5. The molecule has 1 aliphatic heterocycles. The maximum Gasteiger partial charge on any atom is 0.257 e. The van der Waals surface area contributed by atoms with E-state index < -0.39 is 0 Å². The molecular formula is C28H25N5O2. The van der Waals surface area contributed by atoms with Gasteiger partial charge in [0.25, 0.3) is 5.91 Å². The molecule has 4 aromatic rings. The monoisotopic (exact) mass is 463 g/mol. The minimum Gasteiger partial charge on any atom is -0.484 e. The van der Waals surface area contributed by atoms with Crippen LogP contribution in [0.1, 0.15) is 24.0 Å². The van der Waals surface area contributed by atoms with Gasteiger partial charge in [0.05, 0.1) is 12.1 Å². The lowest BCUT2D eigenvalue weighted by Gasteiger charge is -2.13. The predicted molar refractivity (Wildman–Crippen MR) is 137 cm³/mol.